The van der Waals surface area contributed by atoms with Crippen LogP contribution in [-0.2, 0) is 29.2 Å². The van der Waals surface area contributed by atoms with Gasteiger partial charge in [0.05, 0.1) is 0 Å². The van der Waals surface area contributed by atoms with Crippen LogP contribution in [0.2, 0.25) is 0 Å². The average Bonchev–Trinajstić information content (AvgIpc) is 3.30. The minimum atomic E-state index is -0.686. The smallest absolute Gasteiger partial charge is 0.255 e. The summed E-state index contributed by atoms with van der Waals surface area (Å²) in [4.78, 5) is 40.7. The minimum Gasteiger partial charge on any atom is -0.487 e. The molecule has 2 fully saturated rings. The zero-order valence-electron chi connectivity index (χ0n) is 23.0. The van der Waals surface area contributed by atoms with E-state index >= 15 is 0 Å². The number of carbonyl (C=O) groups is 3. The van der Waals surface area contributed by atoms with Gasteiger partial charge in [-0.15, -0.1) is 0 Å². The fourth-order valence-electron chi connectivity index (χ4n) is 6.03. The van der Waals surface area contributed by atoms with Crippen molar-refractivity contribution in [2.24, 2.45) is 0 Å². The quantitative estimate of drug-likeness (QED) is 0.400. The van der Waals surface area contributed by atoms with Crippen molar-refractivity contribution in [2.45, 2.75) is 57.1 Å². The number of halogens is 2. The summed E-state index contributed by atoms with van der Waals surface area (Å²) in [5, 5.41) is 5.93. The number of hydrogen-bond donors (Lipinski definition) is 2. The van der Waals surface area contributed by atoms with E-state index in [1.807, 2.05) is 24.3 Å². The Hall–Kier alpha value is -4.15. The zero-order chi connectivity index (χ0) is 29.2. The Labute approximate surface area is 242 Å². The SMILES string of the molecule is O=C1CCC(N2Cc3cc(O[C@H]4CN(Cc5cc(F)ccc5F)CC[C@@H]4NCc4ccccc4)ccc3C2=O)C(=O)N1. The third kappa shape index (κ3) is 6.05. The summed E-state index contributed by atoms with van der Waals surface area (Å²) < 4.78 is 34.8. The molecule has 0 spiro atoms. The molecular weight excluding hydrogens is 542 g/mol. The van der Waals surface area contributed by atoms with Gasteiger partial charge in [0.25, 0.3) is 5.91 Å². The largest absolute Gasteiger partial charge is 0.487 e. The maximum absolute atomic E-state index is 14.4. The number of imide groups is 1. The number of fused-ring (bicyclic) bond motifs is 1. The van der Waals surface area contributed by atoms with Crippen molar-refractivity contribution in [3.63, 3.8) is 0 Å². The number of likely N-dealkylation sites (tertiary alicyclic amines) is 1. The normalized spacial score (nSPS) is 22.7. The molecule has 2 N–H and O–H groups in total. The highest BCUT2D eigenvalue weighted by molar-refractivity contribution is 6.05. The Morgan fingerprint density at radius 3 is 2.62 bits per heavy atom. The Bertz CT molecular complexity index is 1500. The van der Waals surface area contributed by atoms with Gasteiger partial charge in [-0.25, -0.2) is 8.78 Å². The highest BCUT2D eigenvalue weighted by Gasteiger charge is 2.39. The van der Waals surface area contributed by atoms with E-state index in [4.69, 9.17) is 4.74 Å². The minimum absolute atomic E-state index is 0.00586. The molecule has 0 bridgehead atoms. The van der Waals surface area contributed by atoms with Crippen LogP contribution in [0.5, 0.6) is 5.75 Å². The van der Waals surface area contributed by atoms with Crippen LogP contribution in [0.3, 0.4) is 0 Å². The summed E-state index contributed by atoms with van der Waals surface area (Å²) in [5.41, 5.74) is 2.71. The van der Waals surface area contributed by atoms with Gasteiger partial charge in [0, 0.05) is 56.3 Å². The lowest BCUT2D eigenvalue weighted by molar-refractivity contribution is -0.136. The molecule has 3 atom stereocenters. The Morgan fingerprint density at radius 1 is 0.976 bits per heavy atom. The first kappa shape index (κ1) is 28.0. The van der Waals surface area contributed by atoms with Crippen molar-refractivity contribution in [1.29, 1.82) is 0 Å². The summed E-state index contributed by atoms with van der Waals surface area (Å²) >= 11 is 0. The second-order valence-electron chi connectivity index (χ2n) is 11.1. The molecule has 42 heavy (non-hydrogen) atoms. The van der Waals surface area contributed by atoms with E-state index in [1.54, 1.807) is 12.1 Å². The average molecular weight is 575 g/mol. The summed E-state index contributed by atoms with van der Waals surface area (Å²) in [6, 6.07) is 18.2. The van der Waals surface area contributed by atoms with Crippen LogP contribution >= 0.6 is 0 Å². The number of amides is 3. The monoisotopic (exact) mass is 574 g/mol. The van der Waals surface area contributed by atoms with Gasteiger partial charge in [0.1, 0.15) is 29.5 Å². The van der Waals surface area contributed by atoms with Gasteiger partial charge in [-0.05, 0) is 60.4 Å². The number of nitrogens with zero attached hydrogens (tertiary/aromatic N) is 2. The molecule has 2 saturated heterocycles. The fourth-order valence-corrected chi connectivity index (χ4v) is 6.03. The lowest BCUT2D eigenvalue weighted by Crippen LogP contribution is -2.54. The molecule has 0 aliphatic carbocycles. The fraction of sp³-hybridized carbons (Fsp3) is 0.344. The molecule has 0 aromatic heterocycles. The van der Waals surface area contributed by atoms with Crippen LogP contribution in [0.1, 0.15) is 46.3 Å². The number of benzene rings is 3. The Morgan fingerprint density at radius 2 is 1.81 bits per heavy atom. The van der Waals surface area contributed by atoms with Gasteiger partial charge in [-0.2, -0.15) is 0 Å². The van der Waals surface area contributed by atoms with Crippen LogP contribution in [0.25, 0.3) is 0 Å². The maximum atomic E-state index is 14.4. The summed E-state index contributed by atoms with van der Waals surface area (Å²) in [5.74, 6) is -1.35. The topological polar surface area (TPSA) is 91.0 Å². The van der Waals surface area contributed by atoms with Crippen LogP contribution in [0, 0.1) is 11.6 Å². The third-order valence-electron chi connectivity index (χ3n) is 8.24. The number of carbonyl (C=O) groups excluding carboxylic acids is 3. The van der Waals surface area contributed by atoms with Crippen molar-refractivity contribution in [2.75, 3.05) is 13.1 Å². The van der Waals surface area contributed by atoms with Crippen LogP contribution < -0.4 is 15.4 Å². The molecule has 8 nitrogen and oxygen atoms in total. The third-order valence-corrected chi connectivity index (χ3v) is 8.24. The molecule has 6 rings (SSSR count). The lowest BCUT2D eigenvalue weighted by atomic mass is 10.00. The standard InChI is InChI=1S/C32H32F2N4O4/c33-23-6-9-26(34)22(14-23)17-37-13-12-27(35-16-20-4-2-1-3-5-20)29(19-37)42-24-7-8-25-21(15-24)18-38(32(25)41)28-10-11-30(39)36-31(28)40/h1-9,14-15,27-29,35H,10-13,16-19H2,(H,36,39,40)/t27-,28?,29-/m0/s1. The summed E-state index contributed by atoms with van der Waals surface area (Å²) in [6.07, 6.45) is 0.924. The van der Waals surface area contributed by atoms with E-state index in [0.29, 0.717) is 42.9 Å². The Balaban J connectivity index is 1.18. The van der Waals surface area contributed by atoms with Gasteiger partial charge in [0.15, 0.2) is 0 Å². The Kier molecular flexibility index (Phi) is 7.99. The first-order chi connectivity index (χ1) is 20.3. The van der Waals surface area contributed by atoms with Crippen molar-refractivity contribution >= 4 is 17.7 Å². The van der Waals surface area contributed by atoms with Crippen molar-refractivity contribution in [3.05, 3.63) is 101 Å². The molecule has 1 unspecified atom stereocenters. The van der Waals surface area contributed by atoms with E-state index in [0.717, 1.165) is 29.7 Å². The van der Waals surface area contributed by atoms with Crippen LogP contribution in [0.15, 0.2) is 66.7 Å². The molecule has 3 aliphatic rings. The molecule has 3 aliphatic heterocycles. The molecule has 3 aromatic carbocycles. The van der Waals surface area contributed by atoms with Crippen molar-refractivity contribution < 1.29 is 27.9 Å². The summed E-state index contributed by atoms with van der Waals surface area (Å²) in [6.45, 7) is 2.34. The van der Waals surface area contributed by atoms with E-state index in [2.05, 4.69) is 27.7 Å². The van der Waals surface area contributed by atoms with Gasteiger partial charge in [-0.1, -0.05) is 30.3 Å². The van der Waals surface area contributed by atoms with E-state index in [1.165, 1.54) is 11.0 Å². The molecule has 0 saturated carbocycles. The highest BCUT2D eigenvalue weighted by atomic mass is 19.1. The second-order valence-corrected chi connectivity index (χ2v) is 11.1. The molecule has 3 aromatic rings. The predicted octanol–water partition coefficient (Wildman–Crippen LogP) is 3.54. The molecule has 218 valence electrons. The highest BCUT2D eigenvalue weighted by Crippen LogP contribution is 2.31. The van der Waals surface area contributed by atoms with E-state index in [-0.39, 0.29) is 43.5 Å². The van der Waals surface area contributed by atoms with Gasteiger partial charge in [0.2, 0.25) is 11.8 Å². The number of rotatable bonds is 8. The number of nitrogens with one attached hydrogen (secondary N) is 2. The van der Waals surface area contributed by atoms with E-state index in [9.17, 15) is 23.2 Å². The van der Waals surface area contributed by atoms with Crippen molar-refractivity contribution in [1.82, 2.24) is 20.4 Å². The maximum Gasteiger partial charge on any atom is 0.255 e. The van der Waals surface area contributed by atoms with Crippen molar-refractivity contribution in [3.8, 4) is 5.75 Å². The molecule has 10 heteroatoms. The first-order valence-corrected chi connectivity index (χ1v) is 14.2. The molecule has 3 heterocycles. The van der Waals surface area contributed by atoms with Gasteiger partial charge < -0.3 is 15.0 Å². The van der Waals surface area contributed by atoms with Gasteiger partial charge >= 0.3 is 0 Å². The number of hydrogen-bond acceptors (Lipinski definition) is 6. The van der Waals surface area contributed by atoms with Crippen LogP contribution in [0.4, 0.5) is 8.78 Å². The zero-order valence-corrected chi connectivity index (χ0v) is 23.0. The van der Waals surface area contributed by atoms with E-state index < -0.39 is 23.6 Å². The number of ether oxygens (including phenoxy) is 1. The summed E-state index contributed by atoms with van der Waals surface area (Å²) in [7, 11) is 0. The van der Waals surface area contributed by atoms with Gasteiger partial charge in [-0.3, -0.25) is 24.6 Å². The van der Waals surface area contributed by atoms with Crippen LogP contribution in [-0.4, -0.2) is 58.8 Å². The molecule has 0 radical (unpaired) electrons. The first-order valence-electron chi connectivity index (χ1n) is 14.2. The number of piperidine rings is 2. The predicted molar refractivity (Wildman–Crippen MR) is 150 cm³/mol. The molecular formula is C32H32F2N4O4. The lowest BCUT2D eigenvalue weighted by Gasteiger charge is -2.39. The second kappa shape index (κ2) is 12.0. The molecule has 3 amide bonds.